The van der Waals surface area contributed by atoms with Gasteiger partial charge in [0.05, 0.1) is 5.25 Å². The Labute approximate surface area is 146 Å². The largest absolute Gasteiger partial charge is 0.379 e. The molecule has 0 saturated heterocycles. The van der Waals surface area contributed by atoms with Crippen molar-refractivity contribution in [3.8, 4) is 0 Å². The monoisotopic (exact) mass is 348 g/mol. The Morgan fingerprint density at radius 1 is 0.958 bits per heavy atom. The van der Waals surface area contributed by atoms with Crippen LogP contribution in [0.3, 0.4) is 0 Å². The summed E-state index contributed by atoms with van der Waals surface area (Å²) in [5.74, 6) is -0.0168. The Morgan fingerprint density at radius 2 is 1.42 bits per heavy atom. The zero-order chi connectivity index (χ0) is 17.5. The van der Waals surface area contributed by atoms with Gasteiger partial charge in [0.25, 0.3) is 0 Å². The molecule has 0 spiro atoms. The first-order valence-corrected chi connectivity index (χ1v) is 8.81. The number of hydrogen-bond acceptors (Lipinski definition) is 2. The van der Waals surface area contributed by atoms with Crippen LogP contribution < -0.4 is 5.73 Å². The summed E-state index contributed by atoms with van der Waals surface area (Å²) in [4.78, 5) is 4.40. The third kappa shape index (κ3) is 5.64. The lowest BCUT2D eigenvalue weighted by molar-refractivity contribution is 0.597. The number of aliphatic imine (C=N–C) groups is 1. The molecule has 0 atom stereocenters. The average Bonchev–Trinajstić information content (AvgIpc) is 2.54. The molecule has 2 rings (SSSR count). The Bertz CT molecular complexity index is 621. The highest BCUT2D eigenvalue weighted by atomic mass is 32.2. The minimum absolute atomic E-state index is 0.158. The molecule has 24 heavy (non-hydrogen) atoms. The fraction of sp³-hybridized carbons (Fsp3) is 0.316. The van der Waals surface area contributed by atoms with E-state index in [0.717, 1.165) is 17.5 Å². The molecule has 0 radical (unpaired) electrons. The number of benzene rings is 2. The van der Waals surface area contributed by atoms with E-state index in [-0.39, 0.29) is 16.9 Å². The summed E-state index contributed by atoms with van der Waals surface area (Å²) in [5.41, 5.74) is 7.86. The van der Waals surface area contributed by atoms with Gasteiger partial charge in [-0.1, -0.05) is 49.9 Å². The van der Waals surface area contributed by atoms with Gasteiger partial charge in [0.1, 0.15) is 11.6 Å². The van der Waals surface area contributed by atoms with E-state index < -0.39 is 0 Å². The molecule has 0 fully saturated rings. The summed E-state index contributed by atoms with van der Waals surface area (Å²) >= 11 is 1.40. The maximum Gasteiger partial charge on any atom is 0.154 e. The Kier molecular flexibility index (Phi) is 6.79. The molecule has 128 valence electrons. The van der Waals surface area contributed by atoms with Crippen LogP contribution in [0.15, 0.2) is 53.5 Å². The Hall–Kier alpha value is -1.88. The number of hydrogen-bond donors (Lipinski definition) is 1. The van der Waals surface area contributed by atoms with Crippen molar-refractivity contribution in [2.75, 3.05) is 6.54 Å². The molecule has 0 saturated carbocycles. The van der Waals surface area contributed by atoms with Gasteiger partial charge >= 0.3 is 0 Å². The van der Waals surface area contributed by atoms with E-state index in [4.69, 9.17) is 5.73 Å². The quantitative estimate of drug-likeness (QED) is 0.579. The molecular formula is C19H22F2N2S. The molecule has 0 heterocycles. The second-order valence-corrected chi connectivity index (χ2v) is 7.13. The zero-order valence-electron chi connectivity index (χ0n) is 13.9. The van der Waals surface area contributed by atoms with Gasteiger partial charge in [-0.25, -0.2) is 8.78 Å². The SMILES string of the molecule is CC(C)CCN=C(N)SC(c1ccc(F)cc1)c1ccc(F)cc1. The molecule has 2 aromatic rings. The van der Waals surface area contributed by atoms with Gasteiger partial charge in [-0.15, -0.1) is 0 Å². The third-order valence-corrected chi connectivity index (χ3v) is 4.71. The summed E-state index contributed by atoms with van der Waals surface area (Å²) in [6, 6.07) is 12.5. The molecule has 0 amide bonds. The topological polar surface area (TPSA) is 38.4 Å². The fourth-order valence-electron chi connectivity index (χ4n) is 2.19. The smallest absolute Gasteiger partial charge is 0.154 e. The van der Waals surface area contributed by atoms with Crippen LogP contribution in [0.2, 0.25) is 0 Å². The van der Waals surface area contributed by atoms with Crippen molar-refractivity contribution in [1.29, 1.82) is 0 Å². The number of amidine groups is 1. The van der Waals surface area contributed by atoms with E-state index in [0.29, 0.717) is 17.6 Å². The van der Waals surface area contributed by atoms with Crippen LogP contribution in [-0.4, -0.2) is 11.7 Å². The van der Waals surface area contributed by atoms with Crippen LogP contribution in [0.25, 0.3) is 0 Å². The van der Waals surface area contributed by atoms with E-state index in [1.165, 1.54) is 36.0 Å². The summed E-state index contributed by atoms with van der Waals surface area (Å²) in [5, 5.41) is 0.322. The highest BCUT2D eigenvalue weighted by Crippen LogP contribution is 2.35. The van der Waals surface area contributed by atoms with E-state index in [1.807, 2.05) is 0 Å². The lowest BCUT2D eigenvalue weighted by atomic mass is 10.0. The minimum atomic E-state index is -0.292. The molecule has 0 aromatic heterocycles. The number of halogens is 2. The highest BCUT2D eigenvalue weighted by molar-refractivity contribution is 8.14. The van der Waals surface area contributed by atoms with E-state index in [1.54, 1.807) is 24.3 Å². The lowest BCUT2D eigenvalue weighted by Crippen LogP contribution is -2.12. The first-order valence-electron chi connectivity index (χ1n) is 7.93. The number of thioether (sulfide) groups is 1. The maximum atomic E-state index is 13.2. The second kappa shape index (κ2) is 8.83. The highest BCUT2D eigenvalue weighted by Gasteiger charge is 2.17. The van der Waals surface area contributed by atoms with Crippen molar-refractivity contribution < 1.29 is 8.78 Å². The second-order valence-electron chi connectivity index (χ2n) is 6.00. The van der Waals surface area contributed by atoms with Gasteiger partial charge in [-0.2, -0.15) is 0 Å². The molecule has 0 unspecified atom stereocenters. The van der Waals surface area contributed by atoms with Crippen molar-refractivity contribution in [1.82, 2.24) is 0 Å². The van der Waals surface area contributed by atoms with Crippen LogP contribution in [-0.2, 0) is 0 Å². The first-order chi connectivity index (χ1) is 11.5. The van der Waals surface area contributed by atoms with Crippen molar-refractivity contribution in [2.24, 2.45) is 16.6 Å². The minimum Gasteiger partial charge on any atom is -0.379 e. The normalized spacial score (nSPS) is 12.2. The van der Waals surface area contributed by atoms with Crippen molar-refractivity contribution in [3.63, 3.8) is 0 Å². The Morgan fingerprint density at radius 3 is 1.83 bits per heavy atom. The van der Waals surface area contributed by atoms with Crippen molar-refractivity contribution in [3.05, 3.63) is 71.3 Å². The summed E-state index contributed by atoms with van der Waals surface area (Å²) in [6.07, 6.45) is 0.971. The van der Waals surface area contributed by atoms with Crippen molar-refractivity contribution in [2.45, 2.75) is 25.5 Å². The van der Waals surface area contributed by atoms with Crippen molar-refractivity contribution >= 4 is 16.9 Å². The molecule has 0 aliphatic heterocycles. The molecule has 2 aromatic carbocycles. The van der Waals surface area contributed by atoms with E-state index in [2.05, 4.69) is 18.8 Å². The lowest BCUT2D eigenvalue weighted by Gasteiger charge is -2.17. The fourth-order valence-corrected chi connectivity index (χ4v) is 3.19. The first kappa shape index (κ1) is 18.5. The Balaban J connectivity index is 2.22. The molecule has 0 aliphatic rings. The van der Waals surface area contributed by atoms with Crippen LogP contribution >= 0.6 is 11.8 Å². The van der Waals surface area contributed by atoms with E-state index in [9.17, 15) is 8.78 Å². The van der Waals surface area contributed by atoms with Gasteiger partial charge in [0, 0.05) is 6.54 Å². The zero-order valence-corrected chi connectivity index (χ0v) is 14.7. The third-order valence-electron chi connectivity index (χ3n) is 3.56. The van der Waals surface area contributed by atoms with Crippen LogP contribution in [0.5, 0.6) is 0 Å². The molecule has 5 heteroatoms. The predicted octanol–water partition coefficient (Wildman–Crippen LogP) is 5.15. The summed E-state index contributed by atoms with van der Waals surface area (Å²) in [7, 11) is 0. The van der Waals surface area contributed by atoms with Gasteiger partial charge in [-0.05, 0) is 47.7 Å². The molecule has 0 bridgehead atoms. The van der Waals surface area contributed by atoms with Crippen LogP contribution in [0.1, 0.15) is 36.6 Å². The van der Waals surface area contributed by atoms with Gasteiger partial charge in [0.2, 0.25) is 0 Å². The molecular weight excluding hydrogens is 326 g/mol. The number of nitrogens with zero attached hydrogens (tertiary/aromatic N) is 1. The molecule has 2 nitrogen and oxygen atoms in total. The van der Waals surface area contributed by atoms with Crippen LogP contribution in [0.4, 0.5) is 8.78 Å². The van der Waals surface area contributed by atoms with Gasteiger partial charge in [-0.3, -0.25) is 4.99 Å². The molecule has 2 N–H and O–H groups in total. The predicted molar refractivity (Wildman–Crippen MR) is 98.2 cm³/mol. The summed E-state index contributed by atoms with van der Waals surface area (Å²) < 4.78 is 26.4. The number of rotatable bonds is 6. The summed E-state index contributed by atoms with van der Waals surface area (Å²) in [6.45, 7) is 4.95. The molecule has 0 aliphatic carbocycles. The standard InChI is InChI=1S/C19H22F2N2S/c1-13(2)11-12-23-19(22)24-18(14-3-7-16(20)8-4-14)15-5-9-17(21)10-6-15/h3-10,13,18H,11-12H2,1-2H3,(H2,22,23). The van der Waals surface area contributed by atoms with Gasteiger partial charge in [0.15, 0.2) is 5.17 Å². The average molecular weight is 348 g/mol. The number of nitrogens with two attached hydrogens (primary N) is 1. The maximum absolute atomic E-state index is 13.2. The van der Waals surface area contributed by atoms with E-state index >= 15 is 0 Å². The van der Waals surface area contributed by atoms with Crippen LogP contribution in [0, 0.1) is 17.6 Å². The van der Waals surface area contributed by atoms with Gasteiger partial charge < -0.3 is 5.73 Å².